The van der Waals surface area contributed by atoms with Gasteiger partial charge in [-0.05, 0) is 24.3 Å². The maximum atomic E-state index is 5.89. The summed E-state index contributed by atoms with van der Waals surface area (Å²) in [6.07, 6.45) is 3.79. The molecule has 5 nitrogen and oxygen atoms in total. The summed E-state index contributed by atoms with van der Waals surface area (Å²) >= 11 is 0. The van der Waals surface area contributed by atoms with E-state index in [0.717, 1.165) is 22.9 Å². The summed E-state index contributed by atoms with van der Waals surface area (Å²) in [6.45, 7) is 1.16. The highest BCUT2D eigenvalue weighted by Gasteiger charge is 2.14. The number of imidazole rings is 1. The molecule has 3 heterocycles. The van der Waals surface area contributed by atoms with Gasteiger partial charge in [-0.15, -0.1) is 0 Å². The van der Waals surface area contributed by atoms with Gasteiger partial charge in [0.05, 0.1) is 17.9 Å². The van der Waals surface area contributed by atoms with Crippen molar-refractivity contribution < 1.29 is 0 Å². The highest BCUT2D eigenvalue weighted by Crippen LogP contribution is 2.21. The van der Waals surface area contributed by atoms with Crippen LogP contribution in [0.25, 0.3) is 5.65 Å². The van der Waals surface area contributed by atoms with Crippen molar-refractivity contribution in [1.82, 2.24) is 14.4 Å². The van der Waals surface area contributed by atoms with Crippen LogP contribution in [0.1, 0.15) is 11.4 Å². The SMILES string of the molecule is CN(Cc1ccccn1)c1nc2ccccn2c1CN. The number of nitrogens with zero attached hydrogens (tertiary/aromatic N) is 4. The molecule has 0 fully saturated rings. The Hall–Kier alpha value is -2.40. The van der Waals surface area contributed by atoms with E-state index in [0.29, 0.717) is 13.1 Å². The van der Waals surface area contributed by atoms with Crippen molar-refractivity contribution in [2.45, 2.75) is 13.1 Å². The van der Waals surface area contributed by atoms with Gasteiger partial charge in [-0.25, -0.2) is 4.98 Å². The Morgan fingerprint density at radius 2 is 2.05 bits per heavy atom. The van der Waals surface area contributed by atoms with Crippen LogP contribution in [0.5, 0.6) is 0 Å². The highest BCUT2D eigenvalue weighted by molar-refractivity contribution is 5.55. The fraction of sp³-hybridized carbons (Fsp3) is 0.200. The smallest absolute Gasteiger partial charge is 0.152 e. The van der Waals surface area contributed by atoms with Crippen LogP contribution in [-0.4, -0.2) is 21.4 Å². The molecule has 0 amide bonds. The van der Waals surface area contributed by atoms with Crippen LogP contribution in [0.3, 0.4) is 0 Å². The molecule has 0 bridgehead atoms. The van der Waals surface area contributed by atoms with Crippen molar-refractivity contribution in [2.24, 2.45) is 5.73 Å². The molecule has 0 aliphatic heterocycles. The molecule has 2 N–H and O–H groups in total. The van der Waals surface area contributed by atoms with Gasteiger partial charge >= 0.3 is 0 Å². The molecule has 0 unspecified atom stereocenters. The Kier molecular flexibility index (Phi) is 3.35. The second-order valence-corrected chi connectivity index (χ2v) is 4.69. The molecule has 0 aromatic carbocycles. The molecule has 0 radical (unpaired) electrons. The Bertz CT molecular complexity index is 705. The molecule has 0 atom stereocenters. The second kappa shape index (κ2) is 5.30. The highest BCUT2D eigenvalue weighted by atomic mass is 15.2. The maximum Gasteiger partial charge on any atom is 0.152 e. The van der Waals surface area contributed by atoms with Gasteiger partial charge in [0, 0.05) is 26.0 Å². The average Bonchev–Trinajstić information content (AvgIpc) is 2.87. The predicted molar refractivity (Wildman–Crippen MR) is 79.4 cm³/mol. The largest absolute Gasteiger partial charge is 0.352 e. The van der Waals surface area contributed by atoms with Crippen LogP contribution >= 0.6 is 0 Å². The van der Waals surface area contributed by atoms with Crippen molar-refractivity contribution in [2.75, 3.05) is 11.9 Å². The summed E-state index contributed by atoms with van der Waals surface area (Å²) < 4.78 is 2.03. The van der Waals surface area contributed by atoms with Gasteiger partial charge < -0.3 is 15.0 Å². The van der Waals surface area contributed by atoms with E-state index in [4.69, 9.17) is 5.73 Å². The second-order valence-electron chi connectivity index (χ2n) is 4.69. The van der Waals surface area contributed by atoms with Crippen LogP contribution in [0.4, 0.5) is 5.82 Å². The standard InChI is InChI=1S/C15H17N5/c1-19(11-12-6-2-4-8-17-12)15-13(10-16)20-9-5-3-7-14(20)18-15/h2-9H,10-11,16H2,1H3. The number of aromatic nitrogens is 3. The molecule has 0 saturated heterocycles. The zero-order valence-electron chi connectivity index (χ0n) is 11.4. The van der Waals surface area contributed by atoms with Gasteiger partial charge in [-0.3, -0.25) is 4.98 Å². The lowest BCUT2D eigenvalue weighted by atomic mass is 10.3. The molecule has 0 saturated carbocycles. The first-order valence-corrected chi connectivity index (χ1v) is 6.56. The molecule has 102 valence electrons. The van der Waals surface area contributed by atoms with Gasteiger partial charge in [-0.1, -0.05) is 12.1 Å². The molecular weight excluding hydrogens is 250 g/mol. The van der Waals surface area contributed by atoms with E-state index in [1.54, 1.807) is 6.20 Å². The fourth-order valence-electron chi connectivity index (χ4n) is 2.34. The van der Waals surface area contributed by atoms with E-state index in [1.807, 2.05) is 54.0 Å². The number of nitrogens with two attached hydrogens (primary N) is 1. The minimum Gasteiger partial charge on any atom is -0.352 e. The van der Waals surface area contributed by atoms with E-state index in [2.05, 4.69) is 14.9 Å². The molecule has 3 aromatic heterocycles. The Balaban J connectivity index is 1.97. The van der Waals surface area contributed by atoms with Crippen molar-refractivity contribution in [3.63, 3.8) is 0 Å². The third kappa shape index (κ3) is 2.23. The zero-order chi connectivity index (χ0) is 13.9. The Morgan fingerprint density at radius 1 is 1.20 bits per heavy atom. The first-order valence-electron chi connectivity index (χ1n) is 6.56. The fourth-order valence-corrected chi connectivity index (χ4v) is 2.34. The molecular formula is C15H17N5. The van der Waals surface area contributed by atoms with E-state index in [-0.39, 0.29) is 0 Å². The van der Waals surface area contributed by atoms with Crippen LogP contribution in [0.15, 0.2) is 48.8 Å². The number of hydrogen-bond donors (Lipinski definition) is 1. The van der Waals surface area contributed by atoms with Crippen molar-refractivity contribution in [3.8, 4) is 0 Å². The Morgan fingerprint density at radius 3 is 2.80 bits per heavy atom. The lowest BCUT2D eigenvalue weighted by Crippen LogP contribution is -2.20. The normalized spacial score (nSPS) is 10.9. The van der Waals surface area contributed by atoms with Crippen LogP contribution in [-0.2, 0) is 13.1 Å². The molecule has 20 heavy (non-hydrogen) atoms. The Labute approximate surface area is 117 Å². The van der Waals surface area contributed by atoms with Crippen molar-refractivity contribution in [3.05, 3.63) is 60.2 Å². The van der Waals surface area contributed by atoms with Gasteiger partial charge in [0.1, 0.15) is 5.65 Å². The molecule has 0 aliphatic rings. The third-order valence-electron chi connectivity index (χ3n) is 3.29. The quantitative estimate of drug-likeness (QED) is 0.783. The summed E-state index contributed by atoms with van der Waals surface area (Å²) in [4.78, 5) is 11.1. The number of anilines is 1. The predicted octanol–water partition coefficient (Wildman–Crippen LogP) is 1.82. The lowest BCUT2D eigenvalue weighted by molar-refractivity contribution is 0.850. The van der Waals surface area contributed by atoms with E-state index in [1.165, 1.54) is 0 Å². The molecule has 0 aliphatic carbocycles. The number of hydrogen-bond acceptors (Lipinski definition) is 4. The average molecular weight is 267 g/mol. The summed E-state index contributed by atoms with van der Waals surface area (Å²) in [6, 6.07) is 11.9. The van der Waals surface area contributed by atoms with Gasteiger partial charge in [0.25, 0.3) is 0 Å². The van der Waals surface area contributed by atoms with E-state index < -0.39 is 0 Å². The van der Waals surface area contributed by atoms with Gasteiger partial charge in [0.2, 0.25) is 0 Å². The minimum absolute atomic E-state index is 0.451. The summed E-state index contributed by atoms with van der Waals surface area (Å²) in [5.74, 6) is 0.907. The van der Waals surface area contributed by atoms with E-state index in [9.17, 15) is 0 Å². The van der Waals surface area contributed by atoms with Gasteiger partial charge in [0.15, 0.2) is 5.82 Å². The first-order chi connectivity index (χ1) is 9.79. The van der Waals surface area contributed by atoms with E-state index >= 15 is 0 Å². The van der Waals surface area contributed by atoms with Crippen molar-refractivity contribution in [1.29, 1.82) is 0 Å². The monoisotopic (exact) mass is 267 g/mol. The number of pyridine rings is 2. The van der Waals surface area contributed by atoms with Crippen LogP contribution in [0, 0.1) is 0 Å². The molecule has 3 aromatic rings. The zero-order valence-corrected chi connectivity index (χ0v) is 11.4. The lowest BCUT2D eigenvalue weighted by Gasteiger charge is -2.17. The van der Waals surface area contributed by atoms with Crippen molar-refractivity contribution >= 4 is 11.5 Å². The summed E-state index contributed by atoms with van der Waals surface area (Å²) in [5, 5.41) is 0. The summed E-state index contributed by atoms with van der Waals surface area (Å²) in [5.41, 5.74) is 8.82. The maximum absolute atomic E-state index is 5.89. The van der Waals surface area contributed by atoms with Gasteiger partial charge in [-0.2, -0.15) is 0 Å². The van der Waals surface area contributed by atoms with Crippen LogP contribution in [0.2, 0.25) is 0 Å². The molecule has 3 rings (SSSR count). The van der Waals surface area contributed by atoms with Crippen LogP contribution < -0.4 is 10.6 Å². The minimum atomic E-state index is 0.451. The molecule has 5 heteroatoms. The molecule has 0 spiro atoms. The third-order valence-corrected chi connectivity index (χ3v) is 3.29. The summed E-state index contributed by atoms with van der Waals surface area (Å²) in [7, 11) is 2.01. The number of fused-ring (bicyclic) bond motifs is 1. The topological polar surface area (TPSA) is 59.5 Å². The first kappa shape index (κ1) is 12.6. The number of rotatable bonds is 4.